The summed E-state index contributed by atoms with van der Waals surface area (Å²) in [5.74, 6) is 0.546. The first-order chi connectivity index (χ1) is 11.8. The van der Waals surface area contributed by atoms with Gasteiger partial charge in [0, 0.05) is 10.6 Å². The normalized spacial score (nSPS) is 12.2. The van der Waals surface area contributed by atoms with Crippen LogP contribution in [0.2, 0.25) is 10.0 Å². The van der Waals surface area contributed by atoms with Gasteiger partial charge in [0.2, 0.25) is 0 Å². The van der Waals surface area contributed by atoms with Gasteiger partial charge in [-0.25, -0.2) is 0 Å². The lowest BCUT2D eigenvalue weighted by molar-refractivity contribution is -0.682. The molecule has 2 rings (SSSR count). The van der Waals surface area contributed by atoms with Crippen molar-refractivity contribution in [2.24, 2.45) is 5.92 Å². The van der Waals surface area contributed by atoms with Gasteiger partial charge in [-0.05, 0) is 43.0 Å². The van der Waals surface area contributed by atoms with Crippen LogP contribution in [0.3, 0.4) is 0 Å². The van der Waals surface area contributed by atoms with E-state index >= 15 is 0 Å². The van der Waals surface area contributed by atoms with Crippen molar-refractivity contribution in [2.45, 2.75) is 33.2 Å². The lowest BCUT2D eigenvalue weighted by atomic mass is 10.00. The predicted molar refractivity (Wildman–Crippen MR) is 105 cm³/mol. The third-order valence-electron chi connectivity index (χ3n) is 4.01. The SMILES string of the molecule is CC(C)Cc1ccc([C@H](C)[NH2+]CC(=O)Nc2cc(Cl)ccc2Cl)cc1. The van der Waals surface area contributed by atoms with Crippen LogP contribution < -0.4 is 10.6 Å². The summed E-state index contributed by atoms with van der Waals surface area (Å²) in [5, 5.41) is 5.83. The molecular formula is C20H25Cl2N2O+. The van der Waals surface area contributed by atoms with Gasteiger partial charge in [-0.2, -0.15) is 0 Å². The molecule has 0 radical (unpaired) electrons. The molecule has 5 heteroatoms. The van der Waals surface area contributed by atoms with Crippen LogP contribution in [0.5, 0.6) is 0 Å². The van der Waals surface area contributed by atoms with Crippen LogP contribution in [0.1, 0.15) is 37.9 Å². The van der Waals surface area contributed by atoms with Gasteiger partial charge in [0.05, 0.1) is 10.7 Å². The average Bonchev–Trinajstić information content (AvgIpc) is 2.56. The van der Waals surface area contributed by atoms with Crippen LogP contribution in [0.25, 0.3) is 0 Å². The molecule has 2 aromatic rings. The number of hydrogen-bond donors (Lipinski definition) is 2. The molecule has 0 heterocycles. The standard InChI is InChI=1S/C20H24Cl2N2O/c1-13(2)10-15-4-6-16(7-5-15)14(3)23-12-20(25)24-19-11-17(21)8-9-18(19)22/h4-9,11,13-14,23H,10,12H2,1-3H3,(H,24,25)/p+1/t14-/m0/s1. The fraction of sp³-hybridized carbons (Fsp3) is 0.350. The monoisotopic (exact) mass is 379 g/mol. The maximum atomic E-state index is 12.1. The molecule has 1 amide bonds. The summed E-state index contributed by atoms with van der Waals surface area (Å²) < 4.78 is 0. The number of amides is 1. The topological polar surface area (TPSA) is 45.7 Å². The van der Waals surface area contributed by atoms with Crippen molar-refractivity contribution >= 4 is 34.8 Å². The van der Waals surface area contributed by atoms with Gasteiger partial charge >= 0.3 is 0 Å². The zero-order valence-electron chi connectivity index (χ0n) is 14.9. The largest absolute Gasteiger partial charge is 0.333 e. The average molecular weight is 380 g/mol. The Labute approximate surface area is 159 Å². The summed E-state index contributed by atoms with van der Waals surface area (Å²) in [6, 6.07) is 13.8. The van der Waals surface area contributed by atoms with E-state index in [1.807, 2.05) is 5.32 Å². The van der Waals surface area contributed by atoms with Gasteiger partial charge < -0.3 is 10.6 Å². The Hall–Kier alpha value is -1.55. The predicted octanol–water partition coefficient (Wildman–Crippen LogP) is 4.46. The van der Waals surface area contributed by atoms with Gasteiger partial charge in [0.1, 0.15) is 6.04 Å². The van der Waals surface area contributed by atoms with E-state index in [0.29, 0.717) is 28.2 Å². The van der Waals surface area contributed by atoms with Crippen molar-refractivity contribution in [1.82, 2.24) is 0 Å². The molecule has 3 nitrogen and oxygen atoms in total. The minimum absolute atomic E-state index is 0.104. The van der Waals surface area contributed by atoms with E-state index < -0.39 is 0 Å². The molecule has 0 unspecified atom stereocenters. The molecule has 0 aliphatic rings. The minimum atomic E-state index is -0.104. The van der Waals surface area contributed by atoms with Crippen LogP contribution in [0.15, 0.2) is 42.5 Å². The number of benzene rings is 2. The molecule has 0 spiro atoms. The second-order valence-electron chi connectivity index (χ2n) is 6.74. The molecule has 0 saturated carbocycles. The molecule has 3 N–H and O–H groups in total. The zero-order chi connectivity index (χ0) is 18.4. The molecule has 2 aromatic carbocycles. The first-order valence-electron chi connectivity index (χ1n) is 8.52. The highest BCUT2D eigenvalue weighted by atomic mass is 35.5. The van der Waals surface area contributed by atoms with E-state index in [0.717, 1.165) is 6.42 Å². The summed E-state index contributed by atoms with van der Waals surface area (Å²) in [5.41, 5.74) is 3.10. The van der Waals surface area contributed by atoms with Crippen LogP contribution in [0, 0.1) is 5.92 Å². The van der Waals surface area contributed by atoms with Crippen molar-refractivity contribution in [3.63, 3.8) is 0 Å². The van der Waals surface area contributed by atoms with Gasteiger partial charge in [-0.15, -0.1) is 0 Å². The van der Waals surface area contributed by atoms with Gasteiger partial charge in [-0.3, -0.25) is 4.79 Å². The van der Waals surface area contributed by atoms with Crippen molar-refractivity contribution in [3.8, 4) is 0 Å². The first kappa shape index (κ1) is 19.8. The lowest BCUT2D eigenvalue weighted by Gasteiger charge is -2.13. The Morgan fingerprint density at radius 3 is 2.40 bits per heavy atom. The van der Waals surface area contributed by atoms with Gasteiger partial charge in [-0.1, -0.05) is 61.3 Å². The van der Waals surface area contributed by atoms with E-state index in [1.54, 1.807) is 18.2 Å². The van der Waals surface area contributed by atoms with Crippen molar-refractivity contribution in [3.05, 3.63) is 63.6 Å². The van der Waals surface area contributed by atoms with Crippen molar-refractivity contribution in [1.29, 1.82) is 0 Å². The van der Waals surface area contributed by atoms with Crippen molar-refractivity contribution < 1.29 is 10.1 Å². The number of nitrogens with two attached hydrogens (primary N) is 1. The van der Waals surface area contributed by atoms with Crippen molar-refractivity contribution in [2.75, 3.05) is 11.9 Å². The smallest absolute Gasteiger partial charge is 0.279 e. The molecule has 0 aliphatic heterocycles. The maximum Gasteiger partial charge on any atom is 0.279 e. The maximum absolute atomic E-state index is 12.1. The summed E-state index contributed by atoms with van der Waals surface area (Å²) >= 11 is 12.0. The highest BCUT2D eigenvalue weighted by Crippen LogP contribution is 2.25. The summed E-state index contributed by atoms with van der Waals surface area (Å²) in [7, 11) is 0. The van der Waals surface area contributed by atoms with E-state index in [2.05, 4.69) is 50.4 Å². The Morgan fingerprint density at radius 2 is 1.76 bits per heavy atom. The Kier molecular flexibility index (Phi) is 7.30. The molecule has 0 bridgehead atoms. The van der Waals surface area contributed by atoms with E-state index in [-0.39, 0.29) is 11.9 Å². The van der Waals surface area contributed by atoms with Gasteiger partial charge in [0.25, 0.3) is 5.91 Å². The first-order valence-corrected chi connectivity index (χ1v) is 9.28. The van der Waals surface area contributed by atoms with E-state index in [9.17, 15) is 4.79 Å². The second kappa shape index (κ2) is 9.23. The number of rotatable bonds is 7. The number of hydrogen-bond acceptors (Lipinski definition) is 1. The summed E-state index contributed by atoms with van der Waals surface area (Å²) in [4.78, 5) is 12.1. The number of carbonyl (C=O) groups is 1. The fourth-order valence-corrected chi connectivity index (χ4v) is 2.98. The molecular weight excluding hydrogens is 355 g/mol. The van der Waals surface area contributed by atoms with E-state index in [4.69, 9.17) is 23.2 Å². The third-order valence-corrected chi connectivity index (χ3v) is 4.57. The molecule has 25 heavy (non-hydrogen) atoms. The number of halogens is 2. The lowest BCUT2D eigenvalue weighted by Crippen LogP contribution is -2.86. The fourth-order valence-electron chi connectivity index (χ4n) is 2.64. The number of quaternary nitrogens is 1. The van der Waals surface area contributed by atoms with Crippen LogP contribution in [0.4, 0.5) is 5.69 Å². The molecule has 0 saturated heterocycles. The molecule has 0 aromatic heterocycles. The van der Waals surface area contributed by atoms with Crippen LogP contribution in [-0.2, 0) is 11.2 Å². The third kappa shape index (κ3) is 6.35. The van der Waals surface area contributed by atoms with Crippen LogP contribution in [-0.4, -0.2) is 12.5 Å². The second-order valence-corrected chi connectivity index (χ2v) is 7.58. The number of nitrogens with one attached hydrogen (secondary N) is 1. The Bertz CT molecular complexity index is 714. The highest BCUT2D eigenvalue weighted by molar-refractivity contribution is 6.35. The minimum Gasteiger partial charge on any atom is -0.333 e. The summed E-state index contributed by atoms with van der Waals surface area (Å²) in [6.45, 7) is 6.85. The quantitative estimate of drug-likeness (QED) is 0.732. The summed E-state index contributed by atoms with van der Waals surface area (Å²) in [6.07, 6.45) is 1.08. The van der Waals surface area contributed by atoms with Gasteiger partial charge in [0.15, 0.2) is 6.54 Å². The van der Waals surface area contributed by atoms with Crippen LogP contribution >= 0.6 is 23.2 Å². The molecule has 0 aliphatic carbocycles. The molecule has 134 valence electrons. The Morgan fingerprint density at radius 1 is 1.08 bits per heavy atom. The number of carbonyl (C=O) groups excluding carboxylic acids is 1. The number of anilines is 1. The highest BCUT2D eigenvalue weighted by Gasteiger charge is 2.13. The van der Waals surface area contributed by atoms with E-state index in [1.165, 1.54) is 11.1 Å². The Balaban J connectivity index is 1.87. The molecule has 1 atom stereocenters. The molecule has 0 fully saturated rings. The zero-order valence-corrected chi connectivity index (χ0v) is 16.4.